The summed E-state index contributed by atoms with van der Waals surface area (Å²) in [6.45, 7) is 46.4. The van der Waals surface area contributed by atoms with Gasteiger partial charge in [0.1, 0.15) is 0 Å². The Morgan fingerprint density at radius 2 is 0.282 bits per heavy atom. The summed E-state index contributed by atoms with van der Waals surface area (Å²) in [5, 5.41) is 46.5. The van der Waals surface area contributed by atoms with E-state index in [4.69, 9.17) is 0 Å². The predicted octanol–water partition coefficient (Wildman–Crippen LogP) is 6.74. The molecule has 0 atom stereocenters. The van der Waals surface area contributed by atoms with Crippen molar-refractivity contribution < 1.29 is 37.8 Å². The minimum Gasteiger partial charge on any atom is -0.850 e. The molecule has 4 nitrogen and oxygen atoms in total. The van der Waals surface area contributed by atoms with Gasteiger partial charge in [0.25, 0.3) is 0 Å². The number of hydrogen-bond donors (Lipinski definition) is 0. The van der Waals surface area contributed by atoms with Crippen molar-refractivity contribution in [1.29, 1.82) is 0 Å². The molecule has 39 heavy (non-hydrogen) atoms. The van der Waals surface area contributed by atoms with Crippen molar-refractivity contribution in [1.82, 2.24) is 0 Å². The topological polar surface area (TPSA) is 92.2 Å². The fraction of sp³-hybridized carbons (Fsp3) is 1.00. The molecule has 0 N–H and O–H groups in total. The summed E-state index contributed by atoms with van der Waals surface area (Å²) in [7, 11) is 0. The zero-order chi connectivity index (χ0) is 33.0. The molecule has 0 fully saturated rings. The maximum Gasteiger partial charge on any atom is 4.00 e. The van der Waals surface area contributed by atoms with Crippen LogP contribution in [-0.2, 0) is 17.4 Å². The van der Waals surface area contributed by atoms with Crippen LogP contribution in [0.25, 0.3) is 0 Å². The molecule has 0 saturated carbocycles. The van der Waals surface area contributed by atoms with Crippen LogP contribution in [0.3, 0.4) is 0 Å². The SMILES string of the molecule is CC(C)(C)C(C)([O-])C(C)(C)C.CC(C)(C)C(C)([O-])C(C)(C)C.CC(C)(C)C(C)([O-])C(C)(C)C.CC(C)(C)[O-].[Cr+4]. The van der Waals surface area contributed by atoms with Crippen molar-refractivity contribution in [3.8, 4) is 0 Å². The molecule has 0 amide bonds. The van der Waals surface area contributed by atoms with Gasteiger partial charge in [0.15, 0.2) is 0 Å². The van der Waals surface area contributed by atoms with Gasteiger partial charge in [-0.3, -0.25) is 0 Å². The Kier molecular flexibility index (Phi) is 18.5. The summed E-state index contributed by atoms with van der Waals surface area (Å²) in [5.41, 5.74) is -4.43. The third-order valence-corrected chi connectivity index (χ3v) is 8.59. The molecular weight excluding hydrogens is 524 g/mol. The van der Waals surface area contributed by atoms with E-state index in [1.54, 1.807) is 41.5 Å². The average molecular weight is 597 g/mol. The van der Waals surface area contributed by atoms with E-state index in [2.05, 4.69) is 0 Å². The molecule has 0 heterocycles. The molecule has 0 radical (unpaired) electrons. The molecule has 0 aromatic rings. The van der Waals surface area contributed by atoms with Crippen molar-refractivity contribution in [2.75, 3.05) is 0 Å². The van der Waals surface area contributed by atoms with Crippen LogP contribution in [0.15, 0.2) is 0 Å². The largest absolute Gasteiger partial charge is 4.00 e. The second-order valence-electron chi connectivity index (χ2n) is 18.7. The van der Waals surface area contributed by atoms with Crippen molar-refractivity contribution in [2.45, 2.75) is 189 Å². The van der Waals surface area contributed by atoms with Gasteiger partial charge in [-0.15, -0.1) is 22.4 Å². The molecule has 0 unspecified atom stereocenters. The Balaban J connectivity index is -0.000000135. The van der Waals surface area contributed by atoms with Gasteiger partial charge in [0.05, 0.1) is 0 Å². The Morgan fingerprint density at radius 3 is 0.282 bits per heavy atom. The predicted molar refractivity (Wildman–Crippen MR) is 162 cm³/mol. The molecule has 0 aliphatic heterocycles. The fourth-order valence-corrected chi connectivity index (χ4v) is 3.38. The number of hydrogen-bond acceptors (Lipinski definition) is 4. The van der Waals surface area contributed by atoms with E-state index in [1.807, 2.05) is 125 Å². The standard InChI is InChI=1S/3C10H21O.C4H9O.Cr/c3*1-8(2,3)10(7,11)9(4,5)6;1-4(2,3)5;/h3*1-7H3;1-3H3;/q4*-1;+4. The second-order valence-corrected chi connectivity index (χ2v) is 18.7. The Labute approximate surface area is 258 Å². The van der Waals surface area contributed by atoms with Gasteiger partial charge in [0.2, 0.25) is 0 Å². The monoisotopic (exact) mass is 596 g/mol. The van der Waals surface area contributed by atoms with Crippen LogP contribution in [0.4, 0.5) is 0 Å². The van der Waals surface area contributed by atoms with Crippen LogP contribution >= 0.6 is 0 Å². The molecule has 0 spiro atoms. The van der Waals surface area contributed by atoms with E-state index in [9.17, 15) is 20.4 Å². The minimum absolute atomic E-state index is 0. The van der Waals surface area contributed by atoms with E-state index < -0.39 is 22.4 Å². The van der Waals surface area contributed by atoms with E-state index in [1.165, 1.54) is 0 Å². The molecule has 5 heteroatoms. The molecule has 0 aromatic heterocycles. The van der Waals surface area contributed by atoms with Gasteiger partial charge in [-0.05, 0) is 32.5 Å². The summed E-state index contributed by atoms with van der Waals surface area (Å²) in [6, 6.07) is 0. The second kappa shape index (κ2) is 14.7. The van der Waals surface area contributed by atoms with E-state index in [0.717, 1.165) is 0 Å². The molecule has 0 aromatic carbocycles. The Hall–Kier alpha value is 0.372. The van der Waals surface area contributed by atoms with Gasteiger partial charge >= 0.3 is 17.4 Å². The maximum absolute atomic E-state index is 12.1. The van der Waals surface area contributed by atoms with Gasteiger partial charge in [0, 0.05) is 0 Å². The first kappa shape index (κ1) is 49.1. The maximum atomic E-state index is 12.1. The minimum atomic E-state index is -0.875. The molecule has 0 saturated heterocycles. The van der Waals surface area contributed by atoms with Crippen molar-refractivity contribution in [3.63, 3.8) is 0 Å². The summed E-state index contributed by atoms with van der Waals surface area (Å²) in [4.78, 5) is 0. The smallest absolute Gasteiger partial charge is 0.850 e. The van der Waals surface area contributed by atoms with Crippen LogP contribution < -0.4 is 20.4 Å². The Bertz CT molecular complexity index is 516. The summed E-state index contributed by atoms with van der Waals surface area (Å²) in [6.07, 6.45) is 0. The molecule has 0 aliphatic rings. The molecule has 0 aliphatic carbocycles. The van der Waals surface area contributed by atoms with E-state index in [-0.39, 0.29) is 49.9 Å². The fourth-order valence-electron chi connectivity index (χ4n) is 3.38. The first-order valence-corrected chi connectivity index (χ1v) is 14.3. The summed E-state index contributed by atoms with van der Waals surface area (Å²) in [5.74, 6) is 0. The van der Waals surface area contributed by atoms with Gasteiger partial charge in [-0.25, -0.2) is 0 Å². The number of rotatable bonds is 0. The quantitative estimate of drug-likeness (QED) is 0.310. The normalized spacial score (nSPS) is 14.5. The van der Waals surface area contributed by atoms with Crippen LogP contribution in [-0.4, -0.2) is 22.4 Å². The van der Waals surface area contributed by atoms with Crippen LogP contribution in [0, 0.1) is 32.5 Å². The summed E-state index contributed by atoms with van der Waals surface area (Å²) >= 11 is 0. The van der Waals surface area contributed by atoms with Crippen LogP contribution in [0.5, 0.6) is 0 Å². The first-order chi connectivity index (χ1) is 15.5. The molecular formula is C34H72CrO4. The van der Waals surface area contributed by atoms with Gasteiger partial charge in [-0.1, -0.05) is 166 Å². The van der Waals surface area contributed by atoms with Gasteiger partial charge in [-0.2, -0.15) is 0 Å². The van der Waals surface area contributed by atoms with Crippen LogP contribution in [0.1, 0.15) is 166 Å². The molecule has 0 rings (SSSR count). The van der Waals surface area contributed by atoms with Crippen molar-refractivity contribution in [3.05, 3.63) is 0 Å². The van der Waals surface area contributed by atoms with E-state index in [0.29, 0.717) is 0 Å². The zero-order valence-electron chi connectivity index (χ0n) is 31.0. The first-order valence-electron chi connectivity index (χ1n) is 14.3. The average Bonchev–Trinajstić information content (AvgIpc) is 2.47. The molecule has 238 valence electrons. The zero-order valence-corrected chi connectivity index (χ0v) is 32.3. The van der Waals surface area contributed by atoms with E-state index >= 15 is 0 Å². The Morgan fingerprint density at radius 1 is 0.231 bits per heavy atom. The van der Waals surface area contributed by atoms with Gasteiger partial charge < -0.3 is 20.4 Å². The van der Waals surface area contributed by atoms with Crippen molar-refractivity contribution in [2.24, 2.45) is 32.5 Å². The third kappa shape index (κ3) is 17.2. The summed E-state index contributed by atoms with van der Waals surface area (Å²) < 4.78 is 0. The third-order valence-electron chi connectivity index (χ3n) is 8.59. The van der Waals surface area contributed by atoms with Crippen molar-refractivity contribution >= 4 is 0 Å². The van der Waals surface area contributed by atoms with Crippen LogP contribution in [0.2, 0.25) is 0 Å². The molecule has 0 bridgehead atoms.